The molecule has 0 aliphatic carbocycles. The van der Waals surface area contributed by atoms with Gasteiger partial charge in [0.2, 0.25) is 0 Å². The lowest BCUT2D eigenvalue weighted by molar-refractivity contribution is 0.0998. The Balaban J connectivity index is 2.39. The molecule has 18 heavy (non-hydrogen) atoms. The molecule has 0 aliphatic heterocycles. The normalized spacial score (nSPS) is 10.1. The number of primary amides is 1. The highest BCUT2D eigenvalue weighted by atomic mass is 79.9. The number of hydrogen-bond donors (Lipinski definition) is 1. The number of carbonyl (C=O) groups excluding carboxylic acids is 1. The lowest BCUT2D eigenvalue weighted by Gasteiger charge is -2.09. The Morgan fingerprint density at radius 2 is 1.78 bits per heavy atom. The van der Waals surface area contributed by atoms with E-state index in [0.717, 1.165) is 8.95 Å². The molecule has 1 amide bonds. The molecule has 5 heteroatoms. The van der Waals surface area contributed by atoms with Crippen molar-refractivity contribution in [2.24, 2.45) is 5.73 Å². The summed E-state index contributed by atoms with van der Waals surface area (Å²) >= 11 is 6.69. The van der Waals surface area contributed by atoms with E-state index in [4.69, 9.17) is 10.5 Å². The van der Waals surface area contributed by atoms with Crippen LogP contribution >= 0.6 is 31.9 Å². The first-order chi connectivity index (χ1) is 8.56. The number of amides is 1. The van der Waals surface area contributed by atoms with Crippen LogP contribution in [0.1, 0.15) is 10.4 Å². The topological polar surface area (TPSA) is 52.3 Å². The fourth-order valence-corrected chi connectivity index (χ4v) is 2.16. The van der Waals surface area contributed by atoms with Gasteiger partial charge in [0.1, 0.15) is 11.5 Å². The average Bonchev–Trinajstić information content (AvgIpc) is 2.28. The Morgan fingerprint density at radius 1 is 1.06 bits per heavy atom. The first-order valence-corrected chi connectivity index (χ1v) is 6.67. The summed E-state index contributed by atoms with van der Waals surface area (Å²) in [6.45, 7) is 0. The van der Waals surface area contributed by atoms with Crippen LogP contribution < -0.4 is 10.5 Å². The Labute approximate surface area is 121 Å². The van der Waals surface area contributed by atoms with E-state index >= 15 is 0 Å². The number of rotatable bonds is 3. The largest absolute Gasteiger partial charge is 0.456 e. The lowest BCUT2D eigenvalue weighted by Crippen LogP contribution is -2.12. The molecule has 0 saturated heterocycles. The smallest absolute Gasteiger partial charge is 0.252 e. The van der Waals surface area contributed by atoms with E-state index in [1.807, 2.05) is 18.2 Å². The van der Waals surface area contributed by atoms with Crippen LogP contribution in [-0.4, -0.2) is 5.91 Å². The number of nitrogens with two attached hydrogens (primary N) is 1. The van der Waals surface area contributed by atoms with Crippen molar-refractivity contribution >= 4 is 37.8 Å². The molecule has 0 aromatic heterocycles. The minimum atomic E-state index is -0.521. The first kappa shape index (κ1) is 13.1. The summed E-state index contributed by atoms with van der Waals surface area (Å²) in [7, 11) is 0. The van der Waals surface area contributed by atoms with E-state index in [-0.39, 0.29) is 0 Å². The van der Waals surface area contributed by atoms with E-state index in [2.05, 4.69) is 31.9 Å². The maximum atomic E-state index is 11.3. The van der Waals surface area contributed by atoms with Crippen molar-refractivity contribution in [1.82, 2.24) is 0 Å². The van der Waals surface area contributed by atoms with Gasteiger partial charge in [-0.25, -0.2) is 0 Å². The fourth-order valence-electron chi connectivity index (χ4n) is 1.44. The molecule has 0 atom stereocenters. The second-order valence-electron chi connectivity index (χ2n) is 3.56. The van der Waals surface area contributed by atoms with Crippen LogP contribution in [0, 0.1) is 0 Å². The van der Waals surface area contributed by atoms with E-state index in [1.165, 1.54) is 0 Å². The van der Waals surface area contributed by atoms with Gasteiger partial charge in [0, 0.05) is 8.95 Å². The predicted octanol–water partition coefficient (Wildman–Crippen LogP) is 4.10. The Bertz CT molecular complexity index is 599. The summed E-state index contributed by atoms with van der Waals surface area (Å²) in [5.41, 5.74) is 5.65. The molecule has 2 rings (SSSR count). The zero-order valence-electron chi connectivity index (χ0n) is 9.19. The SMILES string of the molecule is NC(=O)c1ccc(Br)cc1Oc1cccc(Br)c1. The number of carbonyl (C=O) groups is 1. The van der Waals surface area contributed by atoms with Crippen molar-refractivity contribution < 1.29 is 9.53 Å². The molecule has 0 unspecified atom stereocenters. The molecule has 2 N–H and O–H groups in total. The summed E-state index contributed by atoms with van der Waals surface area (Å²) in [6.07, 6.45) is 0. The standard InChI is InChI=1S/C13H9Br2NO2/c14-8-2-1-3-10(6-8)18-12-7-9(15)4-5-11(12)13(16)17/h1-7H,(H2,16,17). The highest BCUT2D eigenvalue weighted by Gasteiger charge is 2.10. The van der Waals surface area contributed by atoms with Gasteiger partial charge in [-0.1, -0.05) is 37.9 Å². The maximum absolute atomic E-state index is 11.3. The van der Waals surface area contributed by atoms with E-state index in [1.54, 1.807) is 24.3 Å². The molecular weight excluding hydrogens is 362 g/mol. The van der Waals surface area contributed by atoms with Crippen LogP contribution in [0.5, 0.6) is 11.5 Å². The van der Waals surface area contributed by atoms with Gasteiger partial charge in [-0.3, -0.25) is 4.79 Å². The number of ether oxygens (including phenoxy) is 1. The Hall–Kier alpha value is -1.33. The number of benzene rings is 2. The minimum Gasteiger partial charge on any atom is -0.456 e. The third-order valence-corrected chi connectivity index (χ3v) is 3.22. The van der Waals surface area contributed by atoms with Gasteiger partial charge in [-0.15, -0.1) is 0 Å². The molecule has 0 heterocycles. The van der Waals surface area contributed by atoms with Gasteiger partial charge in [-0.2, -0.15) is 0 Å². The van der Waals surface area contributed by atoms with Crippen molar-refractivity contribution in [3.05, 3.63) is 57.0 Å². The molecule has 0 fully saturated rings. The van der Waals surface area contributed by atoms with E-state index in [0.29, 0.717) is 17.1 Å². The minimum absolute atomic E-state index is 0.346. The number of halogens is 2. The van der Waals surface area contributed by atoms with Crippen LogP contribution in [0.2, 0.25) is 0 Å². The molecule has 0 radical (unpaired) electrons. The summed E-state index contributed by atoms with van der Waals surface area (Å²) in [5.74, 6) is 0.535. The van der Waals surface area contributed by atoms with Gasteiger partial charge in [-0.05, 0) is 36.4 Å². The zero-order valence-corrected chi connectivity index (χ0v) is 12.4. The summed E-state index contributed by atoms with van der Waals surface area (Å²) in [4.78, 5) is 11.3. The second kappa shape index (κ2) is 5.54. The van der Waals surface area contributed by atoms with Crippen LogP contribution in [0.3, 0.4) is 0 Å². The quantitative estimate of drug-likeness (QED) is 0.884. The molecule has 2 aromatic rings. The third kappa shape index (κ3) is 3.11. The molecule has 0 saturated carbocycles. The van der Waals surface area contributed by atoms with Gasteiger partial charge >= 0.3 is 0 Å². The van der Waals surface area contributed by atoms with Crippen molar-refractivity contribution in [3.8, 4) is 11.5 Å². The summed E-state index contributed by atoms with van der Waals surface area (Å²) in [6, 6.07) is 12.4. The van der Waals surface area contributed by atoms with Crippen molar-refractivity contribution in [3.63, 3.8) is 0 Å². The zero-order chi connectivity index (χ0) is 13.1. The third-order valence-electron chi connectivity index (χ3n) is 2.23. The van der Waals surface area contributed by atoms with E-state index in [9.17, 15) is 4.79 Å². The molecule has 92 valence electrons. The maximum Gasteiger partial charge on any atom is 0.252 e. The molecular formula is C13H9Br2NO2. The van der Waals surface area contributed by atoms with Crippen molar-refractivity contribution in [1.29, 1.82) is 0 Å². The molecule has 2 aromatic carbocycles. The molecule has 0 bridgehead atoms. The number of hydrogen-bond acceptors (Lipinski definition) is 2. The molecule has 3 nitrogen and oxygen atoms in total. The fraction of sp³-hybridized carbons (Fsp3) is 0. The van der Waals surface area contributed by atoms with Gasteiger partial charge in [0.15, 0.2) is 0 Å². The second-order valence-corrected chi connectivity index (χ2v) is 5.40. The van der Waals surface area contributed by atoms with Crippen LogP contribution in [-0.2, 0) is 0 Å². The van der Waals surface area contributed by atoms with Gasteiger partial charge < -0.3 is 10.5 Å². The summed E-state index contributed by atoms with van der Waals surface area (Å²) < 4.78 is 7.39. The van der Waals surface area contributed by atoms with Crippen molar-refractivity contribution in [2.45, 2.75) is 0 Å². The highest BCUT2D eigenvalue weighted by molar-refractivity contribution is 9.10. The van der Waals surface area contributed by atoms with Crippen LogP contribution in [0.4, 0.5) is 0 Å². The predicted molar refractivity (Wildman–Crippen MR) is 76.9 cm³/mol. The molecule has 0 aliphatic rings. The lowest BCUT2D eigenvalue weighted by atomic mass is 10.2. The van der Waals surface area contributed by atoms with Crippen molar-refractivity contribution in [2.75, 3.05) is 0 Å². The Morgan fingerprint density at radius 3 is 2.44 bits per heavy atom. The van der Waals surface area contributed by atoms with Crippen LogP contribution in [0.15, 0.2) is 51.4 Å². The van der Waals surface area contributed by atoms with Gasteiger partial charge in [0.25, 0.3) is 5.91 Å². The van der Waals surface area contributed by atoms with Crippen LogP contribution in [0.25, 0.3) is 0 Å². The molecule has 0 spiro atoms. The van der Waals surface area contributed by atoms with E-state index < -0.39 is 5.91 Å². The van der Waals surface area contributed by atoms with Gasteiger partial charge in [0.05, 0.1) is 5.56 Å². The monoisotopic (exact) mass is 369 g/mol. The highest BCUT2D eigenvalue weighted by Crippen LogP contribution is 2.29. The first-order valence-electron chi connectivity index (χ1n) is 5.09. The average molecular weight is 371 g/mol. The Kier molecular flexibility index (Phi) is 4.04. The summed E-state index contributed by atoms with van der Waals surface area (Å²) in [5, 5.41) is 0.